The third-order valence-corrected chi connectivity index (χ3v) is 4.99. The van der Waals surface area contributed by atoms with Crippen LogP contribution in [0, 0.1) is 0 Å². The predicted octanol–water partition coefficient (Wildman–Crippen LogP) is 1.53. The first-order valence-electron chi connectivity index (χ1n) is 9.88. The van der Waals surface area contributed by atoms with E-state index in [2.05, 4.69) is 21.6 Å². The monoisotopic (exact) mass is 404 g/mol. The molecule has 1 fully saturated rings. The zero-order valence-electron chi connectivity index (χ0n) is 16.9. The minimum Gasteiger partial charge on any atom is -0.398 e. The van der Waals surface area contributed by atoms with Crippen LogP contribution >= 0.6 is 0 Å². The largest absolute Gasteiger partial charge is 0.398 e. The maximum absolute atomic E-state index is 5.95. The van der Waals surface area contributed by atoms with Crippen LogP contribution in [0.1, 0.15) is 5.56 Å². The van der Waals surface area contributed by atoms with Crippen LogP contribution in [0.2, 0.25) is 0 Å². The molecular weight excluding hydrogens is 378 g/mol. The van der Waals surface area contributed by atoms with Gasteiger partial charge in [-0.15, -0.1) is 0 Å². The first kappa shape index (κ1) is 19.7. The molecular formula is C22H26N7O+. The van der Waals surface area contributed by atoms with Crippen LogP contribution in [-0.2, 0) is 4.74 Å². The molecule has 8 nitrogen and oxygen atoms in total. The molecule has 0 bridgehead atoms. The maximum Gasteiger partial charge on any atom is 0.228 e. The van der Waals surface area contributed by atoms with E-state index in [9.17, 15) is 0 Å². The fraction of sp³-hybridized carbons (Fsp3) is 0.227. The van der Waals surface area contributed by atoms with Crippen molar-refractivity contribution in [3.8, 4) is 11.3 Å². The number of nitrogen functional groups attached to an aromatic ring is 1. The minimum atomic E-state index is 0.629. The maximum atomic E-state index is 5.95. The number of nitrogens with one attached hydrogen (secondary N) is 2. The van der Waals surface area contributed by atoms with Crippen molar-refractivity contribution in [1.29, 1.82) is 0 Å². The van der Waals surface area contributed by atoms with E-state index in [4.69, 9.17) is 25.8 Å². The van der Waals surface area contributed by atoms with Crippen LogP contribution in [0.4, 0.5) is 28.8 Å². The zero-order chi connectivity index (χ0) is 20.9. The molecule has 1 aliphatic heterocycles. The second-order valence-electron chi connectivity index (χ2n) is 7.00. The fourth-order valence-corrected chi connectivity index (χ4v) is 3.33. The number of benzene rings is 2. The summed E-state index contributed by atoms with van der Waals surface area (Å²) in [5.74, 6) is 1.37. The van der Waals surface area contributed by atoms with E-state index in [-0.39, 0.29) is 0 Å². The Hall–Kier alpha value is -3.65. The highest BCUT2D eigenvalue weighted by molar-refractivity contribution is 5.85. The van der Waals surface area contributed by atoms with E-state index in [0.29, 0.717) is 30.7 Å². The van der Waals surface area contributed by atoms with Gasteiger partial charge < -0.3 is 26.0 Å². The van der Waals surface area contributed by atoms with E-state index < -0.39 is 0 Å². The molecule has 8 heteroatoms. The van der Waals surface area contributed by atoms with E-state index in [0.717, 1.165) is 41.3 Å². The molecule has 1 aliphatic rings. The highest BCUT2D eigenvalue weighted by Crippen LogP contribution is 2.27. The Morgan fingerprint density at radius 2 is 1.90 bits per heavy atom. The molecule has 2 heterocycles. The number of hydrogen-bond donors (Lipinski definition) is 4. The van der Waals surface area contributed by atoms with Crippen molar-refractivity contribution < 1.29 is 10.1 Å². The molecule has 30 heavy (non-hydrogen) atoms. The van der Waals surface area contributed by atoms with Gasteiger partial charge in [0.15, 0.2) is 6.21 Å². The third-order valence-electron chi connectivity index (χ3n) is 4.99. The minimum absolute atomic E-state index is 0.629. The smallest absolute Gasteiger partial charge is 0.228 e. The predicted molar refractivity (Wildman–Crippen MR) is 121 cm³/mol. The van der Waals surface area contributed by atoms with Crippen molar-refractivity contribution in [2.75, 3.05) is 54.6 Å². The van der Waals surface area contributed by atoms with Gasteiger partial charge in [-0.3, -0.25) is 5.41 Å². The fourth-order valence-electron chi connectivity index (χ4n) is 3.33. The first-order chi connectivity index (χ1) is 14.7. The summed E-state index contributed by atoms with van der Waals surface area (Å²) in [6, 6.07) is 15.7. The van der Waals surface area contributed by atoms with E-state index in [1.165, 1.54) is 6.21 Å². The summed E-state index contributed by atoms with van der Waals surface area (Å²) in [6.45, 7) is 2.85. The quantitative estimate of drug-likeness (QED) is 0.364. The lowest BCUT2D eigenvalue weighted by Gasteiger charge is -2.27. The number of rotatable bonds is 6. The Bertz CT molecular complexity index is 1050. The average molecular weight is 404 g/mol. The summed E-state index contributed by atoms with van der Waals surface area (Å²) in [7, 11) is 1.90. The topological polar surface area (TPSA) is 114 Å². The van der Waals surface area contributed by atoms with E-state index >= 15 is 0 Å². The van der Waals surface area contributed by atoms with Gasteiger partial charge in [0.1, 0.15) is 5.82 Å². The molecule has 2 aromatic carbocycles. The van der Waals surface area contributed by atoms with Gasteiger partial charge in [0.05, 0.1) is 24.5 Å². The highest BCUT2D eigenvalue weighted by atomic mass is 16.5. The van der Waals surface area contributed by atoms with E-state index in [1.54, 1.807) is 0 Å². The molecule has 0 saturated carbocycles. The van der Waals surface area contributed by atoms with Crippen molar-refractivity contribution in [2.45, 2.75) is 0 Å². The Labute approximate surface area is 175 Å². The molecule has 0 atom stereocenters. The van der Waals surface area contributed by atoms with Gasteiger partial charge in [-0.05, 0) is 30.3 Å². The molecule has 6 N–H and O–H groups in total. The van der Waals surface area contributed by atoms with Gasteiger partial charge in [0.25, 0.3) is 0 Å². The van der Waals surface area contributed by atoms with Gasteiger partial charge in [0.2, 0.25) is 5.95 Å². The SMILES string of the molecule is CNc1cccc(-c2cc(Nc3ccc(N)c(C=[NH2+])c3)nc(N3CCOCC3)n2)c1. The molecule has 0 spiro atoms. The van der Waals surface area contributed by atoms with E-state index in [1.807, 2.05) is 49.5 Å². The first-order valence-corrected chi connectivity index (χ1v) is 9.88. The van der Waals surface area contributed by atoms with Crippen LogP contribution in [-0.4, -0.2) is 49.5 Å². The standard InChI is InChI=1S/C22H25N7O/c1-25-17-4-2-3-15(11-17)20-13-21(26-18-5-6-19(24)16(12-18)14-23)28-22(27-20)29-7-9-30-10-8-29/h2-6,11-14,23,25H,7-10,24H2,1H3,(H,26,27,28)/p+1. The van der Waals surface area contributed by atoms with Crippen LogP contribution < -0.4 is 26.7 Å². The molecule has 0 amide bonds. The molecule has 154 valence electrons. The van der Waals surface area contributed by atoms with Gasteiger partial charge in [-0.25, -0.2) is 4.98 Å². The summed E-state index contributed by atoms with van der Waals surface area (Å²) < 4.78 is 5.48. The number of aromatic nitrogens is 2. The Morgan fingerprint density at radius 3 is 2.67 bits per heavy atom. The van der Waals surface area contributed by atoms with Gasteiger partial charge in [0, 0.05) is 48.8 Å². The summed E-state index contributed by atoms with van der Waals surface area (Å²) in [5, 5.41) is 12.2. The lowest BCUT2D eigenvalue weighted by atomic mass is 10.1. The Morgan fingerprint density at radius 1 is 1.07 bits per heavy atom. The summed E-state index contributed by atoms with van der Waals surface area (Å²) in [4.78, 5) is 11.7. The van der Waals surface area contributed by atoms with Gasteiger partial charge >= 0.3 is 0 Å². The van der Waals surface area contributed by atoms with Crippen molar-refractivity contribution in [3.63, 3.8) is 0 Å². The number of hydrogen-bond acceptors (Lipinski definition) is 7. The second-order valence-corrected chi connectivity index (χ2v) is 7.00. The normalized spacial score (nSPS) is 13.7. The molecule has 1 saturated heterocycles. The lowest BCUT2D eigenvalue weighted by Crippen LogP contribution is -2.37. The van der Waals surface area contributed by atoms with Crippen molar-refractivity contribution in [2.24, 2.45) is 0 Å². The number of ether oxygens (including phenoxy) is 1. The molecule has 0 aliphatic carbocycles. The molecule has 4 rings (SSSR count). The van der Waals surface area contributed by atoms with Gasteiger partial charge in [-0.2, -0.15) is 4.98 Å². The molecule has 3 aromatic rings. The van der Waals surface area contributed by atoms with Crippen LogP contribution in [0.3, 0.4) is 0 Å². The summed E-state index contributed by atoms with van der Waals surface area (Å²) in [6.07, 6.45) is 1.49. The second kappa shape index (κ2) is 8.79. The number of morpholine rings is 1. The third kappa shape index (κ3) is 4.33. The molecule has 0 radical (unpaired) electrons. The number of nitrogens with two attached hydrogens (primary N) is 2. The van der Waals surface area contributed by atoms with Crippen molar-refractivity contribution in [3.05, 3.63) is 54.1 Å². The molecule has 0 unspecified atom stereocenters. The molecule has 1 aromatic heterocycles. The lowest BCUT2D eigenvalue weighted by molar-refractivity contribution is -0.104. The zero-order valence-corrected chi connectivity index (χ0v) is 16.9. The van der Waals surface area contributed by atoms with Crippen LogP contribution in [0.5, 0.6) is 0 Å². The summed E-state index contributed by atoms with van der Waals surface area (Å²) in [5.41, 5.74) is 11.1. The average Bonchev–Trinajstić information content (AvgIpc) is 2.80. The Kier molecular flexibility index (Phi) is 5.76. The Balaban J connectivity index is 1.74. The number of anilines is 5. The van der Waals surface area contributed by atoms with Crippen molar-refractivity contribution in [1.82, 2.24) is 9.97 Å². The highest BCUT2D eigenvalue weighted by Gasteiger charge is 2.17. The summed E-state index contributed by atoms with van der Waals surface area (Å²) >= 11 is 0. The van der Waals surface area contributed by atoms with Gasteiger partial charge in [-0.1, -0.05) is 12.1 Å². The number of nitrogens with zero attached hydrogens (tertiary/aromatic N) is 3. The van der Waals surface area contributed by atoms with Crippen molar-refractivity contribution >= 4 is 35.0 Å². The van der Waals surface area contributed by atoms with Crippen LogP contribution in [0.15, 0.2) is 48.5 Å². The van der Waals surface area contributed by atoms with Crippen LogP contribution in [0.25, 0.3) is 11.3 Å².